The fraction of sp³-hybridized carbons (Fsp3) is 0.263. The van der Waals surface area contributed by atoms with E-state index in [1.807, 2.05) is 11.4 Å². The Kier molecular flexibility index (Phi) is 5.45. The Hall–Kier alpha value is -2.98. The molecule has 8 nitrogen and oxygen atoms in total. The van der Waals surface area contributed by atoms with E-state index in [9.17, 15) is 14.4 Å². The van der Waals surface area contributed by atoms with Crippen LogP contribution in [0.1, 0.15) is 39.4 Å². The zero-order valence-electron chi connectivity index (χ0n) is 15.4. The SMILES string of the molecule is NC(=O)c1cc(-c2csc(NC(=O)C3CCCCN3C(=O)c3cccs3)n2)c[nH]1. The zero-order chi connectivity index (χ0) is 20.4. The first-order valence-electron chi connectivity index (χ1n) is 9.12. The molecule has 3 aromatic heterocycles. The van der Waals surface area contributed by atoms with E-state index < -0.39 is 11.9 Å². The Morgan fingerprint density at radius 3 is 2.86 bits per heavy atom. The summed E-state index contributed by atoms with van der Waals surface area (Å²) < 4.78 is 0. The molecule has 0 aliphatic carbocycles. The Morgan fingerprint density at radius 2 is 2.14 bits per heavy atom. The summed E-state index contributed by atoms with van der Waals surface area (Å²) in [6.45, 7) is 0.567. The number of thiazole rings is 1. The summed E-state index contributed by atoms with van der Waals surface area (Å²) in [5.41, 5.74) is 6.89. The van der Waals surface area contributed by atoms with Gasteiger partial charge in [-0.2, -0.15) is 0 Å². The maximum Gasteiger partial charge on any atom is 0.265 e. The van der Waals surface area contributed by atoms with Gasteiger partial charge in [0.25, 0.3) is 11.8 Å². The van der Waals surface area contributed by atoms with Gasteiger partial charge in [-0.25, -0.2) is 4.98 Å². The normalized spacial score (nSPS) is 16.6. The number of nitrogens with two attached hydrogens (primary N) is 1. The van der Waals surface area contributed by atoms with E-state index in [1.165, 1.54) is 22.7 Å². The van der Waals surface area contributed by atoms with Crippen LogP contribution in [-0.2, 0) is 4.79 Å². The maximum atomic E-state index is 12.9. The molecule has 0 aromatic carbocycles. The Bertz CT molecular complexity index is 1040. The lowest BCUT2D eigenvalue weighted by molar-refractivity contribution is -0.121. The van der Waals surface area contributed by atoms with E-state index in [-0.39, 0.29) is 11.8 Å². The van der Waals surface area contributed by atoms with Gasteiger partial charge in [0, 0.05) is 23.7 Å². The van der Waals surface area contributed by atoms with Gasteiger partial charge < -0.3 is 20.9 Å². The summed E-state index contributed by atoms with van der Waals surface area (Å²) in [6, 6.07) is 4.71. The topological polar surface area (TPSA) is 121 Å². The van der Waals surface area contributed by atoms with E-state index in [2.05, 4.69) is 15.3 Å². The second-order valence-electron chi connectivity index (χ2n) is 6.68. The third-order valence-corrected chi connectivity index (χ3v) is 6.39. The van der Waals surface area contributed by atoms with Gasteiger partial charge in [0.15, 0.2) is 5.13 Å². The second-order valence-corrected chi connectivity index (χ2v) is 8.49. The van der Waals surface area contributed by atoms with Crippen LogP contribution >= 0.6 is 22.7 Å². The largest absolute Gasteiger partial charge is 0.364 e. The van der Waals surface area contributed by atoms with Crippen LogP contribution in [0.25, 0.3) is 11.3 Å². The number of rotatable bonds is 5. The minimum absolute atomic E-state index is 0.106. The van der Waals surface area contributed by atoms with Crippen molar-refractivity contribution in [2.45, 2.75) is 25.3 Å². The number of hydrogen-bond donors (Lipinski definition) is 3. The first-order chi connectivity index (χ1) is 14.0. The molecule has 1 aliphatic heterocycles. The monoisotopic (exact) mass is 429 g/mol. The van der Waals surface area contributed by atoms with E-state index in [1.54, 1.807) is 28.6 Å². The molecular weight excluding hydrogens is 410 g/mol. The van der Waals surface area contributed by atoms with E-state index >= 15 is 0 Å². The van der Waals surface area contributed by atoms with Gasteiger partial charge in [0.05, 0.1) is 10.6 Å². The number of H-pyrrole nitrogens is 1. The van der Waals surface area contributed by atoms with E-state index in [4.69, 9.17) is 5.73 Å². The number of amides is 3. The highest BCUT2D eigenvalue weighted by Gasteiger charge is 2.33. The molecule has 29 heavy (non-hydrogen) atoms. The number of nitrogens with one attached hydrogen (secondary N) is 2. The minimum atomic E-state index is -0.548. The van der Waals surface area contributed by atoms with Crippen LogP contribution in [0.3, 0.4) is 0 Å². The number of likely N-dealkylation sites (tertiary alicyclic amines) is 1. The molecule has 0 bridgehead atoms. The van der Waals surface area contributed by atoms with Crippen molar-refractivity contribution in [2.75, 3.05) is 11.9 Å². The second kappa shape index (κ2) is 8.18. The number of hydrogen-bond acceptors (Lipinski definition) is 6. The zero-order valence-corrected chi connectivity index (χ0v) is 17.0. The van der Waals surface area contributed by atoms with Crippen LogP contribution in [0, 0.1) is 0 Å². The molecule has 0 saturated carbocycles. The Labute approximate surface area is 174 Å². The van der Waals surface area contributed by atoms with Gasteiger partial charge in [0.2, 0.25) is 5.91 Å². The highest BCUT2D eigenvalue weighted by atomic mass is 32.1. The number of nitrogens with zero attached hydrogens (tertiary/aromatic N) is 2. The lowest BCUT2D eigenvalue weighted by Crippen LogP contribution is -2.49. The van der Waals surface area contributed by atoms with Crippen LogP contribution in [0.5, 0.6) is 0 Å². The summed E-state index contributed by atoms with van der Waals surface area (Å²) in [4.78, 5) is 46.4. The van der Waals surface area contributed by atoms with Crippen molar-refractivity contribution in [3.63, 3.8) is 0 Å². The number of aromatic amines is 1. The molecule has 1 aliphatic rings. The molecule has 150 valence electrons. The number of carbonyl (C=O) groups excluding carboxylic acids is 3. The average molecular weight is 430 g/mol. The first-order valence-corrected chi connectivity index (χ1v) is 10.9. The number of carbonyl (C=O) groups is 3. The van der Waals surface area contributed by atoms with Crippen molar-refractivity contribution in [3.05, 3.63) is 45.7 Å². The predicted octanol–water partition coefficient (Wildman–Crippen LogP) is 2.93. The van der Waals surface area contributed by atoms with Crippen molar-refractivity contribution in [2.24, 2.45) is 5.73 Å². The summed E-state index contributed by atoms with van der Waals surface area (Å²) in [6.07, 6.45) is 4.05. The van der Waals surface area contributed by atoms with Gasteiger partial charge in [-0.15, -0.1) is 22.7 Å². The van der Waals surface area contributed by atoms with Crippen molar-refractivity contribution in [3.8, 4) is 11.3 Å². The number of piperidine rings is 1. The van der Waals surface area contributed by atoms with Crippen molar-refractivity contribution < 1.29 is 14.4 Å². The molecule has 3 aromatic rings. The molecule has 0 spiro atoms. The predicted molar refractivity (Wildman–Crippen MR) is 112 cm³/mol. The van der Waals surface area contributed by atoms with E-state index in [0.717, 1.165) is 12.8 Å². The molecule has 1 unspecified atom stereocenters. The molecule has 0 radical (unpaired) electrons. The molecule has 1 atom stereocenters. The Balaban J connectivity index is 1.47. The van der Waals surface area contributed by atoms with Crippen molar-refractivity contribution in [1.29, 1.82) is 0 Å². The van der Waals surface area contributed by atoms with Gasteiger partial charge in [-0.1, -0.05) is 6.07 Å². The van der Waals surface area contributed by atoms with Crippen LogP contribution < -0.4 is 11.1 Å². The van der Waals surface area contributed by atoms with Crippen LogP contribution in [0.15, 0.2) is 35.2 Å². The molecule has 4 heterocycles. The van der Waals surface area contributed by atoms with Crippen LogP contribution in [-0.4, -0.2) is 45.2 Å². The fourth-order valence-corrected chi connectivity index (χ4v) is 4.73. The van der Waals surface area contributed by atoms with Gasteiger partial charge in [-0.05, 0) is 36.8 Å². The smallest absolute Gasteiger partial charge is 0.265 e. The molecule has 1 fully saturated rings. The van der Waals surface area contributed by atoms with Gasteiger partial charge in [-0.3, -0.25) is 14.4 Å². The Morgan fingerprint density at radius 1 is 1.28 bits per heavy atom. The van der Waals surface area contributed by atoms with Gasteiger partial charge in [0.1, 0.15) is 11.7 Å². The highest BCUT2D eigenvalue weighted by molar-refractivity contribution is 7.14. The quantitative estimate of drug-likeness (QED) is 0.577. The number of aromatic nitrogens is 2. The summed E-state index contributed by atoms with van der Waals surface area (Å²) >= 11 is 2.67. The summed E-state index contributed by atoms with van der Waals surface area (Å²) in [7, 11) is 0. The minimum Gasteiger partial charge on any atom is -0.364 e. The molecule has 4 N–H and O–H groups in total. The molecule has 10 heteroatoms. The number of primary amides is 1. The van der Waals surface area contributed by atoms with Crippen molar-refractivity contribution in [1.82, 2.24) is 14.9 Å². The van der Waals surface area contributed by atoms with Gasteiger partial charge >= 0.3 is 0 Å². The number of anilines is 1. The fourth-order valence-electron chi connectivity index (χ4n) is 3.33. The van der Waals surface area contributed by atoms with E-state index in [0.29, 0.717) is 39.9 Å². The molecular formula is C19H19N5O3S2. The highest BCUT2D eigenvalue weighted by Crippen LogP contribution is 2.27. The number of thiophene rings is 1. The third kappa shape index (κ3) is 4.08. The summed E-state index contributed by atoms with van der Waals surface area (Å²) in [5, 5.41) is 6.93. The van der Waals surface area contributed by atoms with Crippen LogP contribution in [0.2, 0.25) is 0 Å². The first kappa shape index (κ1) is 19.3. The molecule has 1 saturated heterocycles. The van der Waals surface area contributed by atoms with Crippen molar-refractivity contribution >= 4 is 45.5 Å². The standard InChI is InChI=1S/C19H19N5O3S2/c20-16(25)12-8-11(9-21-12)13-10-29-19(22-13)23-17(26)14-4-1-2-6-24(14)18(27)15-5-3-7-28-15/h3,5,7-10,14,21H,1-2,4,6H2,(H2,20,25)(H,22,23,26). The summed E-state index contributed by atoms with van der Waals surface area (Å²) in [5.74, 6) is -0.888. The maximum absolute atomic E-state index is 12.9. The van der Waals surface area contributed by atoms with Crippen LogP contribution in [0.4, 0.5) is 5.13 Å². The molecule has 3 amide bonds. The lowest BCUT2D eigenvalue weighted by Gasteiger charge is -2.34. The average Bonchev–Trinajstić information content (AvgIpc) is 3.48. The molecule has 4 rings (SSSR count). The lowest BCUT2D eigenvalue weighted by atomic mass is 10.0. The third-order valence-electron chi connectivity index (χ3n) is 4.78.